The van der Waals surface area contributed by atoms with Gasteiger partial charge in [0.15, 0.2) is 23.0 Å². The fraction of sp³-hybridized carbons (Fsp3) is 0.136. The molecule has 0 fully saturated rings. The molecule has 1 aromatic heterocycles. The average molecular weight is 422 g/mol. The van der Waals surface area contributed by atoms with Crippen molar-refractivity contribution in [2.45, 2.75) is 0 Å². The molecule has 0 bridgehead atoms. The van der Waals surface area contributed by atoms with Gasteiger partial charge in [-0.15, -0.1) is 0 Å². The summed E-state index contributed by atoms with van der Waals surface area (Å²) in [6, 6.07) is 12.8. The summed E-state index contributed by atoms with van der Waals surface area (Å²) in [4.78, 5) is 24.4. The Morgan fingerprint density at radius 1 is 1.03 bits per heavy atom. The van der Waals surface area contributed by atoms with E-state index in [1.807, 2.05) is 0 Å². The number of amides is 1. The van der Waals surface area contributed by atoms with E-state index < -0.39 is 11.9 Å². The van der Waals surface area contributed by atoms with Gasteiger partial charge in [0.2, 0.25) is 5.76 Å². The number of ether oxygens (including phenoxy) is 4. The molecule has 1 aliphatic heterocycles. The number of nitrogens with zero attached hydrogens (tertiary/aromatic N) is 1. The van der Waals surface area contributed by atoms with Gasteiger partial charge < -0.3 is 23.4 Å². The lowest BCUT2D eigenvalue weighted by atomic mass is 10.2. The summed E-state index contributed by atoms with van der Waals surface area (Å²) < 4.78 is 26.5. The molecule has 1 aliphatic rings. The zero-order valence-electron chi connectivity index (χ0n) is 16.5. The van der Waals surface area contributed by atoms with Crippen LogP contribution < -0.4 is 24.4 Å². The Hall–Kier alpha value is -4.27. The Bertz CT molecular complexity index is 1120. The van der Waals surface area contributed by atoms with Gasteiger partial charge in [-0.2, -0.15) is 5.10 Å². The minimum atomic E-state index is -0.642. The molecule has 31 heavy (non-hydrogen) atoms. The minimum Gasteiger partial charge on any atom is -0.493 e. The molecule has 9 heteroatoms. The van der Waals surface area contributed by atoms with Crippen LogP contribution in [0.2, 0.25) is 0 Å². The molecule has 9 nitrogen and oxygen atoms in total. The monoisotopic (exact) mass is 422 g/mol. The van der Waals surface area contributed by atoms with Crippen molar-refractivity contribution in [2.75, 3.05) is 20.3 Å². The molecule has 0 spiro atoms. The number of hydrogen-bond donors (Lipinski definition) is 1. The average Bonchev–Trinajstić information content (AvgIpc) is 3.34. The summed E-state index contributed by atoms with van der Waals surface area (Å²) in [6.45, 7) is 0.915. The predicted molar refractivity (Wildman–Crippen MR) is 109 cm³/mol. The first-order valence-corrected chi connectivity index (χ1v) is 9.31. The van der Waals surface area contributed by atoms with E-state index in [1.165, 1.54) is 25.7 Å². The Balaban J connectivity index is 1.40. The van der Waals surface area contributed by atoms with Gasteiger partial charge in [-0.1, -0.05) is 0 Å². The molecular weight excluding hydrogens is 404 g/mol. The molecule has 2 heterocycles. The first kappa shape index (κ1) is 20.0. The minimum absolute atomic E-state index is 0.0783. The summed E-state index contributed by atoms with van der Waals surface area (Å²) >= 11 is 0. The van der Waals surface area contributed by atoms with E-state index in [-0.39, 0.29) is 11.5 Å². The van der Waals surface area contributed by atoms with Crippen LogP contribution in [0.4, 0.5) is 0 Å². The number of hydrogen-bond acceptors (Lipinski definition) is 8. The molecule has 2 aromatic carbocycles. The summed E-state index contributed by atoms with van der Waals surface area (Å²) in [7, 11) is 1.45. The van der Waals surface area contributed by atoms with Gasteiger partial charge in [0, 0.05) is 5.56 Å². The number of rotatable bonds is 6. The number of fused-ring (bicyclic) bond motifs is 1. The molecule has 1 amide bonds. The van der Waals surface area contributed by atoms with Crippen LogP contribution in [-0.2, 0) is 0 Å². The van der Waals surface area contributed by atoms with Crippen molar-refractivity contribution in [2.24, 2.45) is 5.10 Å². The van der Waals surface area contributed by atoms with Crippen LogP contribution in [0.5, 0.6) is 23.0 Å². The normalized spacial score (nSPS) is 12.4. The summed E-state index contributed by atoms with van der Waals surface area (Å²) in [5.41, 5.74) is 3.46. The number of benzene rings is 2. The molecular formula is C22H18N2O7. The molecule has 1 N–H and O–H groups in total. The van der Waals surface area contributed by atoms with Crippen LogP contribution in [0, 0.1) is 0 Å². The Kier molecular flexibility index (Phi) is 5.84. The van der Waals surface area contributed by atoms with Gasteiger partial charge in [0.05, 0.1) is 19.6 Å². The van der Waals surface area contributed by atoms with Gasteiger partial charge in [0.1, 0.15) is 13.2 Å². The van der Waals surface area contributed by atoms with Gasteiger partial charge in [-0.25, -0.2) is 10.2 Å². The van der Waals surface area contributed by atoms with E-state index >= 15 is 0 Å². The maximum Gasteiger partial charge on any atom is 0.379 e. The SMILES string of the molecule is COc1cc(C=NNC(=O)c2ccc3c(c2)OCCO3)ccc1OC(=O)c1ccco1. The number of furan rings is 1. The van der Waals surface area contributed by atoms with E-state index in [1.54, 1.807) is 42.5 Å². The molecule has 0 saturated carbocycles. The first-order chi connectivity index (χ1) is 15.1. The number of esters is 1. The van der Waals surface area contributed by atoms with E-state index in [9.17, 15) is 9.59 Å². The van der Waals surface area contributed by atoms with Gasteiger partial charge in [-0.3, -0.25) is 4.79 Å². The predicted octanol–water partition coefficient (Wildman–Crippen LogP) is 3.04. The van der Waals surface area contributed by atoms with E-state index in [2.05, 4.69) is 10.5 Å². The lowest BCUT2D eigenvalue weighted by molar-refractivity contribution is 0.0696. The van der Waals surface area contributed by atoms with E-state index in [0.29, 0.717) is 41.6 Å². The van der Waals surface area contributed by atoms with Crippen molar-refractivity contribution in [1.82, 2.24) is 5.43 Å². The number of carbonyl (C=O) groups is 2. The second kappa shape index (κ2) is 9.04. The summed E-state index contributed by atoms with van der Waals surface area (Å²) in [6.07, 6.45) is 2.82. The zero-order chi connectivity index (χ0) is 21.6. The largest absolute Gasteiger partial charge is 0.493 e. The van der Waals surface area contributed by atoms with Gasteiger partial charge >= 0.3 is 5.97 Å². The van der Waals surface area contributed by atoms with Crippen molar-refractivity contribution in [3.8, 4) is 23.0 Å². The third-order valence-corrected chi connectivity index (χ3v) is 4.30. The number of carbonyl (C=O) groups excluding carboxylic acids is 2. The number of methoxy groups -OCH3 is 1. The zero-order valence-corrected chi connectivity index (χ0v) is 16.5. The number of nitrogens with one attached hydrogen (secondary N) is 1. The Labute approximate surface area is 177 Å². The standard InChI is InChI=1S/C22H18N2O7/c1-27-19-11-14(4-6-17(19)31-22(26)18-3-2-8-28-18)13-23-24-21(25)15-5-7-16-20(12-15)30-10-9-29-16/h2-8,11-13H,9-10H2,1H3,(H,24,25). The highest BCUT2D eigenvalue weighted by atomic mass is 16.6. The third-order valence-electron chi connectivity index (χ3n) is 4.30. The molecule has 3 aromatic rings. The van der Waals surface area contributed by atoms with Crippen LogP contribution in [0.3, 0.4) is 0 Å². The third kappa shape index (κ3) is 4.67. The topological polar surface area (TPSA) is 109 Å². The smallest absolute Gasteiger partial charge is 0.379 e. The Morgan fingerprint density at radius 2 is 1.87 bits per heavy atom. The van der Waals surface area contributed by atoms with Gasteiger partial charge in [-0.05, 0) is 54.1 Å². The molecule has 0 atom stereocenters. The van der Waals surface area contributed by atoms with Crippen molar-refractivity contribution in [1.29, 1.82) is 0 Å². The molecule has 158 valence electrons. The Morgan fingerprint density at radius 3 is 2.65 bits per heavy atom. The van der Waals surface area contributed by atoms with E-state index in [4.69, 9.17) is 23.4 Å². The number of hydrazone groups is 1. The quantitative estimate of drug-likeness (QED) is 0.281. The highest BCUT2D eigenvalue weighted by molar-refractivity contribution is 5.95. The van der Waals surface area contributed by atoms with Crippen molar-refractivity contribution >= 4 is 18.1 Å². The van der Waals surface area contributed by atoms with Crippen LogP contribution in [0.15, 0.2) is 64.3 Å². The molecule has 4 rings (SSSR count). The maximum atomic E-state index is 12.3. The van der Waals surface area contributed by atoms with Crippen LogP contribution in [-0.4, -0.2) is 38.4 Å². The van der Waals surface area contributed by atoms with Crippen molar-refractivity contribution < 1.29 is 33.0 Å². The fourth-order valence-electron chi connectivity index (χ4n) is 2.81. The lowest BCUT2D eigenvalue weighted by Gasteiger charge is -2.18. The highest BCUT2D eigenvalue weighted by Gasteiger charge is 2.16. The molecule has 0 saturated heterocycles. The van der Waals surface area contributed by atoms with Crippen LogP contribution in [0.1, 0.15) is 26.5 Å². The lowest BCUT2D eigenvalue weighted by Crippen LogP contribution is -2.19. The highest BCUT2D eigenvalue weighted by Crippen LogP contribution is 2.31. The van der Waals surface area contributed by atoms with E-state index in [0.717, 1.165) is 0 Å². The molecule has 0 radical (unpaired) electrons. The molecule has 0 unspecified atom stereocenters. The fourth-order valence-corrected chi connectivity index (χ4v) is 2.81. The summed E-state index contributed by atoms with van der Waals surface area (Å²) in [5.74, 6) is 0.706. The van der Waals surface area contributed by atoms with Crippen LogP contribution in [0.25, 0.3) is 0 Å². The van der Waals surface area contributed by atoms with Crippen molar-refractivity contribution in [3.05, 3.63) is 71.7 Å². The summed E-state index contributed by atoms with van der Waals surface area (Å²) in [5, 5.41) is 3.96. The van der Waals surface area contributed by atoms with Crippen molar-refractivity contribution in [3.63, 3.8) is 0 Å². The second-order valence-corrected chi connectivity index (χ2v) is 6.33. The van der Waals surface area contributed by atoms with Crippen LogP contribution >= 0.6 is 0 Å². The second-order valence-electron chi connectivity index (χ2n) is 6.33. The van der Waals surface area contributed by atoms with Gasteiger partial charge in [0.25, 0.3) is 5.91 Å². The molecule has 0 aliphatic carbocycles. The first-order valence-electron chi connectivity index (χ1n) is 9.31. The maximum absolute atomic E-state index is 12.3.